The number of hydrogen-bond donors (Lipinski definition) is 0. The van der Waals surface area contributed by atoms with Crippen LogP contribution in [0.25, 0.3) is 11.2 Å². The molecule has 0 saturated carbocycles. The maximum absolute atomic E-state index is 11.1. The maximum atomic E-state index is 11.1. The smallest absolute Gasteiger partial charge is 0.311 e. The van der Waals surface area contributed by atoms with Crippen molar-refractivity contribution in [1.82, 2.24) is 15.0 Å². The topological polar surface area (TPSA) is 65.0 Å². The molecule has 0 aliphatic heterocycles. The normalized spacial score (nSPS) is 10.4. The van der Waals surface area contributed by atoms with Crippen molar-refractivity contribution in [2.75, 3.05) is 7.11 Å². The van der Waals surface area contributed by atoms with Crippen LogP contribution in [0.5, 0.6) is 0 Å². The van der Waals surface area contributed by atoms with Crippen molar-refractivity contribution >= 4 is 28.7 Å². The van der Waals surface area contributed by atoms with Crippen LogP contribution < -0.4 is 0 Å². The first kappa shape index (κ1) is 10.8. The average molecular weight is 238 g/mol. The summed E-state index contributed by atoms with van der Waals surface area (Å²) in [6.07, 6.45) is 1.61. The number of hydrogen-bond acceptors (Lipinski definition) is 5. The summed E-state index contributed by atoms with van der Waals surface area (Å²) < 4.78 is 4.54. The van der Waals surface area contributed by atoms with Gasteiger partial charge in [0, 0.05) is 6.20 Å². The van der Waals surface area contributed by atoms with Crippen LogP contribution in [0.1, 0.15) is 5.69 Å². The van der Waals surface area contributed by atoms with E-state index in [1.807, 2.05) is 0 Å². The van der Waals surface area contributed by atoms with E-state index in [0.717, 1.165) is 0 Å². The van der Waals surface area contributed by atoms with Gasteiger partial charge < -0.3 is 4.74 Å². The van der Waals surface area contributed by atoms with Crippen LogP contribution in [0, 0.1) is 0 Å². The van der Waals surface area contributed by atoms with Gasteiger partial charge in [-0.15, -0.1) is 0 Å². The lowest BCUT2D eigenvalue weighted by Gasteiger charge is -2.03. The molecule has 16 heavy (non-hydrogen) atoms. The Morgan fingerprint density at radius 1 is 1.50 bits per heavy atom. The highest BCUT2D eigenvalue weighted by atomic mass is 35.5. The fourth-order valence-electron chi connectivity index (χ4n) is 1.23. The van der Waals surface area contributed by atoms with Gasteiger partial charge in [0.25, 0.3) is 0 Å². The fourth-order valence-corrected chi connectivity index (χ4v) is 1.42. The number of halogens is 1. The molecule has 0 aliphatic rings. The molecule has 0 aliphatic carbocycles. The van der Waals surface area contributed by atoms with Crippen LogP contribution in [-0.4, -0.2) is 28.0 Å². The number of methoxy groups -OCH3 is 1. The predicted molar refractivity (Wildman–Crippen MR) is 58.1 cm³/mol. The summed E-state index contributed by atoms with van der Waals surface area (Å²) in [6.45, 7) is 0. The van der Waals surface area contributed by atoms with Gasteiger partial charge in [0.1, 0.15) is 5.52 Å². The Hall–Kier alpha value is -1.75. The zero-order chi connectivity index (χ0) is 11.5. The quantitative estimate of drug-likeness (QED) is 0.739. The second kappa shape index (κ2) is 4.40. The molecule has 0 fully saturated rings. The first-order valence-electron chi connectivity index (χ1n) is 4.54. The number of fused-ring (bicyclic) bond motifs is 1. The van der Waals surface area contributed by atoms with E-state index in [4.69, 9.17) is 11.6 Å². The number of carbonyl (C=O) groups is 1. The van der Waals surface area contributed by atoms with Crippen LogP contribution in [-0.2, 0) is 16.0 Å². The number of esters is 1. The SMILES string of the molecule is COC(=O)Cc1nc2cccnc2nc1Cl. The lowest BCUT2D eigenvalue weighted by atomic mass is 10.3. The molecule has 2 aromatic heterocycles. The van der Waals surface area contributed by atoms with E-state index in [2.05, 4.69) is 19.7 Å². The highest BCUT2D eigenvalue weighted by Crippen LogP contribution is 2.15. The minimum atomic E-state index is -0.403. The van der Waals surface area contributed by atoms with Crippen LogP contribution in [0.4, 0.5) is 0 Å². The Morgan fingerprint density at radius 3 is 3.06 bits per heavy atom. The standard InChI is InChI=1S/C10H8ClN3O2/c1-16-8(15)5-7-9(11)14-10-6(13-7)3-2-4-12-10/h2-4H,5H2,1H3. The number of pyridine rings is 1. The monoisotopic (exact) mass is 237 g/mol. The number of aromatic nitrogens is 3. The summed E-state index contributed by atoms with van der Waals surface area (Å²) in [6, 6.07) is 3.50. The summed E-state index contributed by atoms with van der Waals surface area (Å²) >= 11 is 5.88. The molecule has 0 unspecified atom stereocenters. The molecule has 0 radical (unpaired) electrons. The molecule has 0 bridgehead atoms. The van der Waals surface area contributed by atoms with Crippen molar-refractivity contribution in [3.05, 3.63) is 29.2 Å². The Balaban J connectivity index is 2.46. The molecule has 0 N–H and O–H groups in total. The van der Waals surface area contributed by atoms with Crippen molar-refractivity contribution in [3.63, 3.8) is 0 Å². The van der Waals surface area contributed by atoms with E-state index in [-0.39, 0.29) is 11.6 Å². The molecule has 0 amide bonds. The molecule has 6 heteroatoms. The van der Waals surface area contributed by atoms with Crippen molar-refractivity contribution in [3.8, 4) is 0 Å². The summed E-state index contributed by atoms with van der Waals surface area (Å²) in [7, 11) is 1.31. The maximum Gasteiger partial charge on any atom is 0.311 e. The van der Waals surface area contributed by atoms with Crippen LogP contribution in [0.15, 0.2) is 18.3 Å². The molecule has 0 saturated heterocycles. The molecule has 0 spiro atoms. The third-order valence-electron chi connectivity index (χ3n) is 2.00. The Labute approximate surface area is 96.4 Å². The van der Waals surface area contributed by atoms with E-state index < -0.39 is 5.97 Å². The summed E-state index contributed by atoms with van der Waals surface area (Å²) in [5.74, 6) is -0.403. The minimum absolute atomic E-state index is 0.00711. The zero-order valence-corrected chi connectivity index (χ0v) is 9.23. The minimum Gasteiger partial charge on any atom is -0.469 e. The van der Waals surface area contributed by atoms with E-state index >= 15 is 0 Å². The van der Waals surface area contributed by atoms with Crippen molar-refractivity contribution in [2.45, 2.75) is 6.42 Å². The molecule has 2 heterocycles. The lowest BCUT2D eigenvalue weighted by molar-refractivity contribution is -0.139. The van der Waals surface area contributed by atoms with E-state index in [0.29, 0.717) is 16.9 Å². The van der Waals surface area contributed by atoms with Crippen molar-refractivity contribution in [2.24, 2.45) is 0 Å². The van der Waals surface area contributed by atoms with E-state index in [9.17, 15) is 4.79 Å². The Bertz CT molecular complexity index is 545. The zero-order valence-electron chi connectivity index (χ0n) is 8.48. The van der Waals surface area contributed by atoms with Crippen molar-refractivity contribution < 1.29 is 9.53 Å². The van der Waals surface area contributed by atoms with Crippen LogP contribution in [0.3, 0.4) is 0 Å². The van der Waals surface area contributed by atoms with Gasteiger partial charge in [-0.05, 0) is 12.1 Å². The largest absolute Gasteiger partial charge is 0.469 e. The second-order valence-electron chi connectivity index (χ2n) is 3.06. The number of carbonyl (C=O) groups excluding carboxylic acids is 1. The molecular formula is C10H8ClN3O2. The first-order valence-corrected chi connectivity index (χ1v) is 4.92. The Kier molecular flexibility index (Phi) is 2.96. The van der Waals surface area contributed by atoms with Gasteiger partial charge in [0.15, 0.2) is 10.8 Å². The first-order chi connectivity index (χ1) is 7.70. The van der Waals surface area contributed by atoms with Gasteiger partial charge in [0.05, 0.1) is 19.2 Å². The van der Waals surface area contributed by atoms with Crippen molar-refractivity contribution in [1.29, 1.82) is 0 Å². The van der Waals surface area contributed by atoms with Crippen LogP contribution >= 0.6 is 11.6 Å². The third kappa shape index (κ3) is 2.09. The molecule has 2 rings (SSSR count). The van der Waals surface area contributed by atoms with Gasteiger partial charge >= 0.3 is 5.97 Å². The van der Waals surface area contributed by atoms with Gasteiger partial charge in [-0.3, -0.25) is 4.79 Å². The number of rotatable bonds is 2. The molecule has 82 valence electrons. The summed E-state index contributed by atoms with van der Waals surface area (Å²) in [5, 5.41) is 0.177. The highest BCUT2D eigenvalue weighted by Gasteiger charge is 2.11. The Morgan fingerprint density at radius 2 is 2.31 bits per heavy atom. The van der Waals surface area contributed by atoms with E-state index in [1.165, 1.54) is 7.11 Å². The average Bonchev–Trinajstić information content (AvgIpc) is 2.30. The fraction of sp³-hybridized carbons (Fsp3) is 0.200. The van der Waals surface area contributed by atoms with Gasteiger partial charge in [-0.25, -0.2) is 15.0 Å². The summed E-state index contributed by atoms with van der Waals surface area (Å²) in [5.41, 5.74) is 1.46. The predicted octanol–water partition coefficient (Wildman–Crippen LogP) is 1.39. The number of nitrogens with zero attached hydrogens (tertiary/aromatic N) is 3. The third-order valence-corrected chi connectivity index (χ3v) is 2.31. The molecule has 5 nitrogen and oxygen atoms in total. The van der Waals surface area contributed by atoms with E-state index in [1.54, 1.807) is 18.3 Å². The van der Waals surface area contributed by atoms with Gasteiger partial charge in [0.2, 0.25) is 0 Å². The number of ether oxygens (including phenoxy) is 1. The van der Waals surface area contributed by atoms with Crippen LogP contribution in [0.2, 0.25) is 5.15 Å². The highest BCUT2D eigenvalue weighted by molar-refractivity contribution is 6.30. The lowest BCUT2D eigenvalue weighted by Crippen LogP contribution is -2.07. The van der Waals surface area contributed by atoms with Gasteiger partial charge in [-0.1, -0.05) is 11.6 Å². The molecular weight excluding hydrogens is 230 g/mol. The van der Waals surface area contributed by atoms with Gasteiger partial charge in [-0.2, -0.15) is 0 Å². The molecule has 2 aromatic rings. The second-order valence-corrected chi connectivity index (χ2v) is 3.42. The summed E-state index contributed by atoms with van der Waals surface area (Å²) in [4.78, 5) is 23.4. The molecule has 0 aromatic carbocycles. The molecule has 0 atom stereocenters.